The van der Waals surface area contributed by atoms with Crippen LogP contribution in [-0.4, -0.2) is 21.1 Å². The third-order valence-corrected chi connectivity index (χ3v) is 3.96. The van der Waals surface area contributed by atoms with E-state index < -0.39 is 0 Å². The number of carbonyl (C=O) groups excluding carboxylic acids is 1. The van der Waals surface area contributed by atoms with Gasteiger partial charge in [0.15, 0.2) is 11.4 Å². The highest BCUT2D eigenvalue weighted by Crippen LogP contribution is 2.30. The summed E-state index contributed by atoms with van der Waals surface area (Å²) < 4.78 is 2.82. The number of carbonyl (C=O) groups is 1. The normalized spacial score (nSPS) is 10.5. The molecule has 0 bridgehead atoms. The summed E-state index contributed by atoms with van der Waals surface area (Å²) >= 11 is 4.82. The van der Waals surface area contributed by atoms with Gasteiger partial charge in [0, 0.05) is 22.0 Å². The molecule has 0 N–H and O–H groups in total. The molecule has 0 amide bonds. The summed E-state index contributed by atoms with van der Waals surface area (Å²) in [5.74, 6) is 0.843. The van der Waals surface area contributed by atoms with Crippen molar-refractivity contribution < 1.29 is 4.79 Å². The molecule has 1 heterocycles. The van der Waals surface area contributed by atoms with E-state index in [-0.39, 0.29) is 0 Å². The Bertz CT molecular complexity index is 568. The molecule has 0 atom stereocenters. The number of nitrogens with zero attached hydrogens (tertiary/aromatic N) is 3. The minimum absolute atomic E-state index is 0.652. The van der Waals surface area contributed by atoms with Crippen molar-refractivity contribution >= 4 is 34.0 Å². The maximum atomic E-state index is 10.9. The van der Waals surface area contributed by atoms with Crippen LogP contribution < -0.4 is 0 Å². The van der Waals surface area contributed by atoms with Gasteiger partial charge in [-0.2, -0.15) is 0 Å². The first-order valence-corrected chi connectivity index (χ1v) is 6.51. The fourth-order valence-corrected chi connectivity index (χ4v) is 2.75. The zero-order valence-electron chi connectivity index (χ0n) is 9.35. The van der Waals surface area contributed by atoms with Crippen LogP contribution in [0.2, 0.25) is 0 Å². The third-order valence-electron chi connectivity index (χ3n) is 2.36. The van der Waals surface area contributed by atoms with E-state index in [2.05, 4.69) is 26.1 Å². The molecular formula is C11H10BrN3OS. The zero-order chi connectivity index (χ0) is 12.4. The van der Waals surface area contributed by atoms with Crippen molar-refractivity contribution in [1.82, 2.24) is 14.8 Å². The van der Waals surface area contributed by atoms with Gasteiger partial charge in [0.2, 0.25) is 0 Å². The van der Waals surface area contributed by atoms with Crippen LogP contribution in [0.5, 0.6) is 0 Å². The molecule has 1 aromatic heterocycles. The maximum absolute atomic E-state index is 10.9. The van der Waals surface area contributed by atoms with Crippen molar-refractivity contribution in [3.8, 4) is 0 Å². The molecule has 0 aliphatic carbocycles. The number of aromatic nitrogens is 3. The van der Waals surface area contributed by atoms with Gasteiger partial charge < -0.3 is 4.57 Å². The first-order valence-electron chi connectivity index (χ1n) is 4.90. The van der Waals surface area contributed by atoms with E-state index in [4.69, 9.17) is 0 Å². The monoisotopic (exact) mass is 311 g/mol. The first-order chi connectivity index (χ1) is 8.11. The summed E-state index contributed by atoms with van der Waals surface area (Å²) in [4.78, 5) is 11.8. The van der Waals surface area contributed by atoms with E-state index in [0.717, 1.165) is 26.6 Å². The highest BCUT2D eigenvalue weighted by Gasteiger charge is 2.10. The molecule has 0 aliphatic rings. The number of aldehydes is 1. The topological polar surface area (TPSA) is 47.8 Å². The molecule has 17 heavy (non-hydrogen) atoms. The highest BCUT2D eigenvalue weighted by molar-refractivity contribution is 9.10. The number of hydrogen-bond donors (Lipinski definition) is 0. The van der Waals surface area contributed by atoms with Crippen LogP contribution in [-0.2, 0) is 7.05 Å². The quantitative estimate of drug-likeness (QED) is 0.818. The average molecular weight is 312 g/mol. The van der Waals surface area contributed by atoms with Gasteiger partial charge in [0.25, 0.3) is 0 Å². The fraction of sp³-hybridized carbons (Fsp3) is 0.182. The molecule has 88 valence electrons. The minimum Gasteiger partial charge on any atom is -0.309 e. The molecule has 0 radical (unpaired) electrons. The number of benzene rings is 1. The lowest BCUT2D eigenvalue weighted by atomic mass is 10.2. The van der Waals surface area contributed by atoms with E-state index in [0.29, 0.717) is 5.56 Å². The van der Waals surface area contributed by atoms with Crippen LogP contribution in [0, 0.1) is 6.92 Å². The summed E-state index contributed by atoms with van der Waals surface area (Å²) in [5, 5.41) is 8.81. The Morgan fingerprint density at radius 1 is 1.41 bits per heavy atom. The Morgan fingerprint density at radius 2 is 2.18 bits per heavy atom. The average Bonchev–Trinajstić information content (AvgIpc) is 2.61. The Kier molecular flexibility index (Phi) is 3.63. The van der Waals surface area contributed by atoms with Crippen LogP contribution in [0.1, 0.15) is 16.2 Å². The molecule has 2 rings (SSSR count). The fourth-order valence-electron chi connectivity index (χ4n) is 1.27. The van der Waals surface area contributed by atoms with Crippen molar-refractivity contribution in [2.45, 2.75) is 17.0 Å². The largest absolute Gasteiger partial charge is 0.309 e. The van der Waals surface area contributed by atoms with E-state index in [9.17, 15) is 4.79 Å². The van der Waals surface area contributed by atoms with E-state index >= 15 is 0 Å². The summed E-state index contributed by atoms with van der Waals surface area (Å²) in [6, 6.07) is 5.52. The second-order valence-corrected chi connectivity index (χ2v) is 5.42. The molecule has 0 saturated carbocycles. The summed E-state index contributed by atoms with van der Waals surface area (Å²) in [5.41, 5.74) is 0.652. The molecule has 1 aromatic carbocycles. The number of aryl methyl sites for hydroxylation is 1. The molecule has 0 spiro atoms. The van der Waals surface area contributed by atoms with Crippen LogP contribution in [0.25, 0.3) is 0 Å². The minimum atomic E-state index is 0.652. The van der Waals surface area contributed by atoms with Gasteiger partial charge in [-0.15, -0.1) is 10.2 Å². The van der Waals surface area contributed by atoms with Crippen LogP contribution in [0.3, 0.4) is 0 Å². The third kappa shape index (κ3) is 2.58. The lowest BCUT2D eigenvalue weighted by molar-refractivity contribution is 0.112. The van der Waals surface area contributed by atoms with Gasteiger partial charge in [0.05, 0.1) is 0 Å². The lowest BCUT2D eigenvalue weighted by Gasteiger charge is -2.04. The first kappa shape index (κ1) is 12.3. The lowest BCUT2D eigenvalue weighted by Crippen LogP contribution is -1.94. The van der Waals surface area contributed by atoms with Gasteiger partial charge in [-0.1, -0.05) is 15.9 Å². The number of rotatable bonds is 3. The molecule has 0 saturated heterocycles. The SMILES string of the molecule is Cc1nnc(Sc2cc(Br)ccc2C=O)n1C. The Hall–Kier alpha value is -1.14. The van der Waals surface area contributed by atoms with Crippen LogP contribution >= 0.6 is 27.7 Å². The standard InChI is InChI=1S/C11H10BrN3OS/c1-7-13-14-11(15(7)2)17-10-5-9(12)4-3-8(10)6-16/h3-6H,1-2H3. The van der Waals surface area contributed by atoms with Gasteiger partial charge in [-0.05, 0) is 36.9 Å². The van der Waals surface area contributed by atoms with Crippen LogP contribution in [0.4, 0.5) is 0 Å². The van der Waals surface area contributed by atoms with Crippen molar-refractivity contribution in [3.63, 3.8) is 0 Å². The van der Waals surface area contributed by atoms with E-state index in [1.54, 1.807) is 6.07 Å². The zero-order valence-corrected chi connectivity index (χ0v) is 11.7. The van der Waals surface area contributed by atoms with E-state index in [1.165, 1.54) is 11.8 Å². The molecule has 0 aliphatic heterocycles. The van der Waals surface area contributed by atoms with Crippen molar-refractivity contribution in [1.29, 1.82) is 0 Å². The molecule has 4 nitrogen and oxygen atoms in total. The number of halogens is 1. The molecule has 6 heteroatoms. The van der Waals surface area contributed by atoms with E-state index in [1.807, 2.05) is 30.7 Å². The van der Waals surface area contributed by atoms with Gasteiger partial charge in [0.1, 0.15) is 5.82 Å². The Balaban J connectivity index is 2.38. The van der Waals surface area contributed by atoms with Crippen molar-refractivity contribution in [3.05, 3.63) is 34.1 Å². The summed E-state index contributed by atoms with van der Waals surface area (Å²) in [7, 11) is 1.90. The Labute approximate surface area is 112 Å². The smallest absolute Gasteiger partial charge is 0.195 e. The van der Waals surface area contributed by atoms with Gasteiger partial charge >= 0.3 is 0 Å². The molecule has 2 aromatic rings. The highest BCUT2D eigenvalue weighted by atomic mass is 79.9. The Morgan fingerprint density at radius 3 is 2.76 bits per heavy atom. The predicted molar refractivity (Wildman–Crippen MR) is 69.4 cm³/mol. The van der Waals surface area contributed by atoms with Crippen molar-refractivity contribution in [2.75, 3.05) is 0 Å². The van der Waals surface area contributed by atoms with Gasteiger partial charge in [-0.3, -0.25) is 4.79 Å². The maximum Gasteiger partial charge on any atom is 0.195 e. The van der Waals surface area contributed by atoms with Crippen LogP contribution in [0.15, 0.2) is 32.7 Å². The summed E-state index contributed by atoms with van der Waals surface area (Å²) in [6.07, 6.45) is 0.845. The predicted octanol–water partition coefficient (Wildman–Crippen LogP) is 2.85. The van der Waals surface area contributed by atoms with Gasteiger partial charge in [-0.25, -0.2) is 0 Å². The second kappa shape index (κ2) is 5.01. The second-order valence-electron chi connectivity index (χ2n) is 3.49. The summed E-state index contributed by atoms with van der Waals surface area (Å²) in [6.45, 7) is 1.89. The molecular weight excluding hydrogens is 302 g/mol. The number of hydrogen-bond acceptors (Lipinski definition) is 4. The van der Waals surface area contributed by atoms with Crippen molar-refractivity contribution in [2.24, 2.45) is 7.05 Å². The molecule has 0 fully saturated rings. The molecule has 0 unspecified atom stereocenters.